The van der Waals surface area contributed by atoms with Gasteiger partial charge >= 0.3 is 0 Å². The minimum Gasteiger partial charge on any atom is -0.497 e. The van der Waals surface area contributed by atoms with Gasteiger partial charge in [0.15, 0.2) is 5.96 Å². The van der Waals surface area contributed by atoms with Crippen LogP contribution in [0.1, 0.15) is 30.0 Å². The molecule has 0 amide bonds. The van der Waals surface area contributed by atoms with Crippen molar-refractivity contribution in [3.63, 3.8) is 0 Å². The third-order valence-corrected chi connectivity index (χ3v) is 5.52. The van der Waals surface area contributed by atoms with Crippen molar-refractivity contribution in [2.75, 3.05) is 33.8 Å². The second-order valence-corrected chi connectivity index (χ2v) is 7.49. The van der Waals surface area contributed by atoms with E-state index in [2.05, 4.69) is 58.7 Å². The topological polar surface area (TPSA) is 62.9 Å². The molecular weight excluding hydrogens is 348 g/mol. The van der Waals surface area contributed by atoms with Crippen LogP contribution in [0.4, 0.5) is 0 Å². The van der Waals surface area contributed by atoms with Gasteiger partial charge in [0.25, 0.3) is 0 Å². The van der Waals surface area contributed by atoms with Crippen molar-refractivity contribution in [1.82, 2.24) is 10.2 Å². The average molecular weight is 381 g/mol. The van der Waals surface area contributed by atoms with Gasteiger partial charge in [0.2, 0.25) is 0 Å². The van der Waals surface area contributed by atoms with Gasteiger partial charge in [0, 0.05) is 19.1 Å². The number of hydrogen-bond donors (Lipinski definition) is 2. The van der Waals surface area contributed by atoms with E-state index in [1.807, 2.05) is 18.2 Å². The number of likely N-dealkylation sites (tertiary alicyclic amines) is 1. The standard InChI is InChI=1S/C23H32N4O/c1-27-16-6-9-20(22(27)19-10-12-21(28-2)13-11-19)17-26-23(24)25-15-14-18-7-4-3-5-8-18/h3-5,7-8,10-13,20,22H,6,9,14-17H2,1-2H3,(H3,24,25,26). The second-order valence-electron chi connectivity index (χ2n) is 7.49. The largest absolute Gasteiger partial charge is 0.497 e. The summed E-state index contributed by atoms with van der Waals surface area (Å²) in [7, 11) is 3.90. The molecule has 1 heterocycles. The molecule has 0 aliphatic carbocycles. The monoisotopic (exact) mass is 380 g/mol. The summed E-state index contributed by atoms with van der Waals surface area (Å²) in [6, 6.07) is 19.2. The third-order valence-electron chi connectivity index (χ3n) is 5.52. The fourth-order valence-electron chi connectivity index (χ4n) is 4.03. The second kappa shape index (κ2) is 10.1. The van der Waals surface area contributed by atoms with Gasteiger partial charge < -0.3 is 15.8 Å². The average Bonchev–Trinajstić information content (AvgIpc) is 2.73. The van der Waals surface area contributed by atoms with E-state index >= 15 is 0 Å². The summed E-state index contributed by atoms with van der Waals surface area (Å²) >= 11 is 0. The first kappa shape index (κ1) is 20.2. The predicted octanol–water partition coefficient (Wildman–Crippen LogP) is 3.23. The van der Waals surface area contributed by atoms with Gasteiger partial charge in [0.1, 0.15) is 5.75 Å². The van der Waals surface area contributed by atoms with Crippen molar-refractivity contribution >= 4 is 5.96 Å². The molecule has 1 aliphatic rings. The Balaban J connectivity index is 1.57. The van der Waals surface area contributed by atoms with Crippen molar-refractivity contribution in [1.29, 1.82) is 0 Å². The summed E-state index contributed by atoms with van der Waals surface area (Å²) in [6.07, 6.45) is 3.31. The van der Waals surface area contributed by atoms with Crippen LogP contribution in [-0.2, 0) is 6.42 Å². The van der Waals surface area contributed by atoms with Crippen LogP contribution < -0.4 is 15.8 Å². The summed E-state index contributed by atoms with van der Waals surface area (Å²) in [5, 5.41) is 3.25. The molecular formula is C23H32N4O. The van der Waals surface area contributed by atoms with Crippen LogP contribution in [-0.4, -0.2) is 44.7 Å². The molecule has 1 saturated heterocycles. The number of guanidine groups is 1. The lowest BCUT2D eigenvalue weighted by Crippen LogP contribution is -2.38. The quantitative estimate of drug-likeness (QED) is 0.572. The van der Waals surface area contributed by atoms with Crippen LogP contribution in [0.25, 0.3) is 0 Å². The van der Waals surface area contributed by atoms with Crippen LogP contribution in [0, 0.1) is 5.92 Å². The molecule has 1 aliphatic heterocycles. The number of methoxy groups -OCH3 is 1. The molecule has 3 N–H and O–H groups in total. The van der Waals surface area contributed by atoms with Crippen LogP contribution in [0.5, 0.6) is 5.75 Å². The highest BCUT2D eigenvalue weighted by molar-refractivity contribution is 5.77. The fourth-order valence-corrected chi connectivity index (χ4v) is 4.03. The van der Waals surface area contributed by atoms with E-state index in [4.69, 9.17) is 10.5 Å². The SMILES string of the molecule is COc1ccc(C2C(CN=C(N)NCCc3ccccc3)CCCN2C)cc1. The minimum atomic E-state index is 0.362. The van der Waals surface area contributed by atoms with Crippen molar-refractivity contribution in [2.24, 2.45) is 16.6 Å². The third kappa shape index (κ3) is 5.49. The Bertz CT molecular complexity index is 745. The highest BCUT2D eigenvalue weighted by atomic mass is 16.5. The molecule has 1 fully saturated rings. The molecule has 5 nitrogen and oxygen atoms in total. The molecule has 0 saturated carbocycles. The van der Waals surface area contributed by atoms with E-state index in [1.165, 1.54) is 24.0 Å². The Morgan fingerprint density at radius 3 is 2.64 bits per heavy atom. The zero-order valence-corrected chi connectivity index (χ0v) is 17.0. The Morgan fingerprint density at radius 2 is 1.93 bits per heavy atom. The first-order chi connectivity index (χ1) is 13.7. The maximum Gasteiger partial charge on any atom is 0.188 e. The van der Waals surface area contributed by atoms with E-state index in [0.717, 1.165) is 31.8 Å². The Hall–Kier alpha value is -2.53. The molecule has 5 heteroatoms. The normalized spacial score (nSPS) is 20.7. The summed E-state index contributed by atoms with van der Waals surface area (Å²) in [4.78, 5) is 7.09. The van der Waals surface area contributed by atoms with Crippen LogP contribution >= 0.6 is 0 Å². The van der Waals surface area contributed by atoms with E-state index in [-0.39, 0.29) is 0 Å². The summed E-state index contributed by atoms with van der Waals surface area (Å²) in [6.45, 7) is 2.65. The van der Waals surface area contributed by atoms with Crippen LogP contribution in [0.2, 0.25) is 0 Å². The van der Waals surface area contributed by atoms with Gasteiger partial charge in [0.05, 0.1) is 7.11 Å². The molecule has 28 heavy (non-hydrogen) atoms. The number of nitrogens with one attached hydrogen (secondary N) is 1. The molecule has 2 atom stereocenters. The van der Waals surface area contributed by atoms with Crippen molar-refractivity contribution < 1.29 is 4.74 Å². The maximum absolute atomic E-state index is 6.12. The number of hydrogen-bond acceptors (Lipinski definition) is 3. The van der Waals surface area contributed by atoms with Crippen LogP contribution in [0.3, 0.4) is 0 Å². The minimum absolute atomic E-state index is 0.362. The number of rotatable bonds is 7. The van der Waals surface area contributed by atoms with Gasteiger partial charge in [-0.1, -0.05) is 42.5 Å². The van der Waals surface area contributed by atoms with E-state index in [0.29, 0.717) is 17.9 Å². The molecule has 0 bridgehead atoms. The lowest BCUT2D eigenvalue weighted by molar-refractivity contribution is 0.125. The molecule has 2 aromatic carbocycles. The van der Waals surface area contributed by atoms with Gasteiger partial charge in [-0.05, 0) is 62.0 Å². The predicted molar refractivity (Wildman–Crippen MR) is 116 cm³/mol. The molecule has 0 spiro atoms. The molecule has 150 valence electrons. The maximum atomic E-state index is 6.12. The highest BCUT2D eigenvalue weighted by Gasteiger charge is 2.30. The van der Waals surface area contributed by atoms with E-state index < -0.39 is 0 Å². The van der Waals surface area contributed by atoms with Gasteiger partial charge in [-0.3, -0.25) is 9.89 Å². The van der Waals surface area contributed by atoms with Gasteiger partial charge in [-0.2, -0.15) is 0 Å². The van der Waals surface area contributed by atoms with Crippen molar-refractivity contribution in [3.8, 4) is 5.75 Å². The van der Waals surface area contributed by atoms with Crippen molar-refractivity contribution in [3.05, 3.63) is 65.7 Å². The van der Waals surface area contributed by atoms with Gasteiger partial charge in [-0.15, -0.1) is 0 Å². The summed E-state index contributed by atoms with van der Waals surface area (Å²) < 4.78 is 5.30. The Labute approximate surface area is 168 Å². The smallest absolute Gasteiger partial charge is 0.188 e. The lowest BCUT2D eigenvalue weighted by Gasteiger charge is -2.39. The molecule has 3 rings (SSSR count). The molecule has 2 unspecified atom stereocenters. The number of aliphatic imine (C=N–C) groups is 1. The fraction of sp³-hybridized carbons (Fsp3) is 0.435. The number of nitrogens with two attached hydrogens (primary N) is 1. The number of ether oxygens (including phenoxy) is 1. The van der Waals surface area contributed by atoms with E-state index in [1.54, 1.807) is 7.11 Å². The Morgan fingerprint density at radius 1 is 1.18 bits per heavy atom. The van der Waals surface area contributed by atoms with Gasteiger partial charge in [-0.25, -0.2) is 0 Å². The van der Waals surface area contributed by atoms with E-state index in [9.17, 15) is 0 Å². The first-order valence-electron chi connectivity index (χ1n) is 10.1. The molecule has 0 radical (unpaired) electrons. The highest BCUT2D eigenvalue weighted by Crippen LogP contribution is 2.35. The van der Waals surface area contributed by atoms with Crippen molar-refractivity contribution in [2.45, 2.75) is 25.3 Å². The van der Waals surface area contributed by atoms with Crippen LogP contribution in [0.15, 0.2) is 59.6 Å². The molecule has 0 aromatic heterocycles. The molecule has 2 aromatic rings. The zero-order valence-electron chi connectivity index (χ0n) is 17.0. The number of piperidine rings is 1. The number of nitrogens with zero attached hydrogens (tertiary/aromatic N) is 2. The zero-order chi connectivity index (χ0) is 19.8. The number of benzene rings is 2. The Kier molecular flexibility index (Phi) is 7.31. The first-order valence-corrected chi connectivity index (χ1v) is 10.1. The summed E-state index contributed by atoms with van der Waals surface area (Å²) in [5.41, 5.74) is 8.74. The summed E-state index contributed by atoms with van der Waals surface area (Å²) in [5.74, 6) is 1.89. The lowest BCUT2D eigenvalue weighted by atomic mass is 9.85.